The van der Waals surface area contributed by atoms with E-state index in [4.69, 9.17) is 0 Å². The molecule has 1 aliphatic carbocycles. The predicted octanol–water partition coefficient (Wildman–Crippen LogP) is 1.49. The normalized spacial score (nSPS) is 28.0. The van der Waals surface area contributed by atoms with Crippen LogP contribution in [0.1, 0.15) is 30.0 Å². The largest absolute Gasteiger partial charge is 0.354 e. The second-order valence-electron chi connectivity index (χ2n) is 4.98. The Labute approximate surface area is 102 Å². The van der Waals surface area contributed by atoms with E-state index in [2.05, 4.69) is 34.5 Å². The van der Waals surface area contributed by atoms with Crippen molar-refractivity contribution in [3.05, 3.63) is 35.4 Å². The van der Waals surface area contributed by atoms with Gasteiger partial charge in [-0.1, -0.05) is 24.3 Å². The molecular formula is C14H18N2O. The molecule has 1 N–H and O–H groups in total. The molecule has 3 rings (SSSR count). The third-order valence-corrected chi connectivity index (χ3v) is 4.01. The highest BCUT2D eigenvalue weighted by Gasteiger charge is 2.36. The quantitative estimate of drug-likeness (QED) is 0.798. The van der Waals surface area contributed by atoms with Gasteiger partial charge in [0.15, 0.2) is 0 Å². The van der Waals surface area contributed by atoms with Gasteiger partial charge in [-0.25, -0.2) is 0 Å². The second-order valence-corrected chi connectivity index (χ2v) is 4.98. The number of likely N-dealkylation sites (tertiary alicyclic amines) is 1. The molecule has 2 unspecified atom stereocenters. The number of nitrogens with zero attached hydrogens (tertiary/aromatic N) is 1. The molecule has 2 aliphatic rings. The standard InChI is InChI=1S/C14H18N2O/c17-10-15-13-9-11-5-1-2-6-12(11)14(13)16-7-3-4-8-16/h1-2,5-6,10,13-14H,3-4,7-9H2,(H,15,17). The Hall–Kier alpha value is -1.35. The molecule has 1 aromatic rings. The maximum absolute atomic E-state index is 10.7. The number of hydrogen-bond donors (Lipinski definition) is 1. The first-order valence-corrected chi connectivity index (χ1v) is 6.41. The Morgan fingerprint density at radius 2 is 2.00 bits per heavy atom. The molecule has 1 aromatic carbocycles. The van der Waals surface area contributed by atoms with E-state index in [0.29, 0.717) is 6.04 Å². The van der Waals surface area contributed by atoms with Crippen LogP contribution in [0.4, 0.5) is 0 Å². The van der Waals surface area contributed by atoms with Crippen molar-refractivity contribution in [1.29, 1.82) is 0 Å². The number of benzene rings is 1. The van der Waals surface area contributed by atoms with Crippen LogP contribution >= 0.6 is 0 Å². The minimum Gasteiger partial charge on any atom is -0.354 e. The molecule has 1 saturated heterocycles. The SMILES string of the molecule is O=CNC1Cc2ccccc2C1N1CCCC1. The Kier molecular flexibility index (Phi) is 2.85. The van der Waals surface area contributed by atoms with Gasteiger partial charge in [-0.3, -0.25) is 9.69 Å². The molecule has 3 nitrogen and oxygen atoms in total. The van der Waals surface area contributed by atoms with Gasteiger partial charge < -0.3 is 5.32 Å². The molecule has 90 valence electrons. The van der Waals surface area contributed by atoms with Crippen molar-refractivity contribution in [3.63, 3.8) is 0 Å². The number of rotatable bonds is 3. The van der Waals surface area contributed by atoms with Gasteiger partial charge in [-0.2, -0.15) is 0 Å². The van der Waals surface area contributed by atoms with E-state index in [1.54, 1.807) is 0 Å². The molecule has 3 heteroatoms. The first kappa shape index (κ1) is 10.8. The van der Waals surface area contributed by atoms with Crippen LogP contribution < -0.4 is 5.32 Å². The summed E-state index contributed by atoms with van der Waals surface area (Å²) in [6.45, 7) is 2.33. The van der Waals surface area contributed by atoms with Gasteiger partial charge in [0, 0.05) is 0 Å². The number of amides is 1. The van der Waals surface area contributed by atoms with Crippen LogP contribution in [0.15, 0.2) is 24.3 Å². The summed E-state index contributed by atoms with van der Waals surface area (Å²) in [4.78, 5) is 13.3. The summed E-state index contributed by atoms with van der Waals surface area (Å²) in [6.07, 6.45) is 4.38. The molecule has 1 heterocycles. The van der Waals surface area contributed by atoms with E-state index < -0.39 is 0 Å². The first-order valence-electron chi connectivity index (χ1n) is 6.41. The lowest BCUT2D eigenvalue weighted by Crippen LogP contribution is -2.40. The summed E-state index contributed by atoms with van der Waals surface area (Å²) in [5.41, 5.74) is 2.80. The van der Waals surface area contributed by atoms with Crippen molar-refractivity contribution in [2.75, 3.05) is 13.1 Å². The van der Waals surface area contributed by atoms with Crippen molar-refractivity contribution < 1.29 is 4.79 Å². The van der Waals surface area contributed by atoms with E-state index in [0.717, 1.165) is 25.9 Å². The number of fused-ring (bicyclic) bond motifs is 1. The molecule has 17 heavy (non-hydrogen) atoms. The predicted molar refractivity (Wildman–Crippen MR) is 66.7 cm³/mol. The fourth-order valence-electron chi connectivity index (χ4n) is 3.28. The van der Waals surface area contributed by atoms with Crippen LogP contribution in [0.5, 0.6) is 0 Å². The zero-order chi connectivity index (χ0) is 11.7. The van der Waals surface area contributed by atoms with Gasteiger partial charge in [0.05, 0.1) is 12.1 Å². The van der Waals surface area contributed by atoms with Gasteiger partial charge in [0.2, 0.25) is 6.41 Å². The smallest absolute Gasteiger partial charge is 0.207 e. The Bertz CT molecular complexity index is 412. The summed E-state index contributed by atoms with van der Waals surface area (Å²) >= 11 is 0. The van der Waals surface area contributed by atoms with Crippen LogP contribution in [0, 0.1) is 0 Å². The summed E-state index contributed by atoms with van der Waals surface area (Å²) in [6, 6.07) is 9.23. The average molecular weight is 230 g/mol. The van der Waals surface area contributed by atoms with E-state index in [-0.39, 0.29) is 6.04 Å². The van der Waals surface area contributed by atoms with Crippen molar-refractivity contribution in [2.24, 2.45) is 0 Å². The molecule has 1 amide bonds. The number of hydrogen-bond acceptors (Lipinski definition) is 2. The van der Waals surface area contributed by atoms with Crippen molar-refractivity contribution in [2.45, 2.75) is 31.3 Å². The van der Waals surface area contributed by atoms with Gasteiger partial charge in [-0.15, -0.1) is 0 Å². The lowest BCUT2D eigenvalue weighted by molar-refractivity contribution is -0.110. The third kappa shape index (κ3) is 1.84. The maximum atomic E-state index is 10.7. The van der Waals surface area contributed by atoms with Crippen LogP contribution in [-0.4, -0.2) is 30.4 Å². The summed E-state index contributed by atoms with van der Waals surface area (Å²) in [5.74, 6) is 0. The monoisotopic (exact) mass is 230 g/mol. The molecule has 2 atom stereocenters. The topological polar surface area (TPSA) is 32.3 Å². The zero-order valence-electron chi connectivity index (χ0n) is 9.93. The molecular weight excluding hydrogens is 212 g/mol. The van der Waals surface area contributed by atoms with Gasteiger partial charge in [0.25, 0.3) is 0 Å². The third-order valence-electron chi connectivity index (χ3n) is 4.01. The lowest BCUT2D eigenvalue weighted by atomic mass is 10.1. The van der Waals surface area contributed by atoms with E-state index in [1.165, 1.54) is 24.0 Å². The fourth-order valence-corrected chi connectivity index (χ4v) is 3.28. The van der Waals surface area contributed by atoms with Crippen molar-refractivity contribution in [1.82, 2.24) is 10.2 Å². The molecule has 1 aliphatic heterocycles. The highest BCUT2D eigenvalue weighted by molar-refractivity contribution is 5.49. The molecule has 0 saturated carbocycles. The first-order chi connectivity index (χ1) is 8.40. The van der Waals surface area contributed by atoms with Crippen LogP contribution in [-0.2, 0) is 11.2 Å². The summed E-state index contributed by atoms with van der Waals surface area (Å²) in [5, 5.41) is 3.00. The average Bonchev–Trinajstić information content (AvgIpc) is 2.94. The molecule has 0 spiro atoms. The maximum Gasteiger partial charge on any atom is 0.207 e. The molecule has 1 fully saturated rings. The minimum absolute atomic E-state index is 0.253. The van der Waals surface area contributed by atoms with Crippen molar-refractivity contribution >= 4 is 6.41 Å². The Morgan fingerprint density at radius 3 is 2.76 bits per heavy atom. The molecule has 0 radical (unpaired) electrons. The van der Waals surface area contributed by atoms with E-state index in [1.807, 2.05) is 0 Å². The lowest BCUT2D eigenvalue weighted by Gasteiger charge is -2.29. The van der Waals surface area contributed by atoms with Crippen LogP contribution in [0.25, 0.3) is 0 Å². The number of nitrogens with one attached hydrogen (secondary N) is 1. The van der Waals surface area contributed by atoms with Gasteiger partial charge in [-0.05, 0) is 43.5 Å². The highest BCUT2D eigenvalue weighted by Crippen LogP contribution is 2.37. The molecule has 0 bridgehead atoms. The number of carbonyl (C=O) groups excluding carboxylic acids is 1. The van der Waals surface area contributed by atoms with Gasteiger partial charge in [0.1, 0.15) is 0 Å². The summed E-state index contributed by atoms with van der Waals surface area (Å²) < 4.78 is 0. The Balaban J connectivity index is 1.92. The zero-order valence-corrected chi connectivity index (χ0v) is 9.93. The van der Waals surface area contributed by atoms with E-state index >= 15 is 0 Å². The van der Waals surface area contributed by atoms with E-state index in [9.17, 15) is 4.79 Å². The van der Waals surface area contributed by atoms with Gasteiger partial charge >= 0.3 is 0 Å². The molecule has 0 aromatic heterocycles. The second kappa shape index (κ2) is 4.49. The van der Waals surface area contributed by atoms with Crippen molar-refractivity contribution in [3.8, 4) is 0 Å². The fraction of sp³-hybridized carbons (Fsp3) is 0.500. The minimum atomic E-state index is 0.253. The van der Waals surface area contributed by atoms with Crippen LogP contribution in [0.3, 0.4) is 0 Å². The van der Waals surface area contributed by atoms with Crippen LogP contribution in [0.2, 0.25) is 0 Å². The Morgan fingerprint density at radius 1 is 1.24 bits per heavy atom. The summed E-state index contributed by atoms with van der Waals surface area (Å²) in [7, 11) is 0. The number of carbonyl (C=O) groups is 1. The highest BCUT2D eigenvalue weighted by atomic mass is 16.1.